The van der Waals surface area contributed by atoms with E-state index in [-0.39, 0.29) is 6.04 Å². The van der Waals surface area contributed by atoms with E-state index in [9.17, 15) is 0 Å². The van der Waals surface area contributed by atoms with Crippen LogP contribution in [-0.2, 0) is 13.5 Å². The third-order valence-electron chi connectivity index (χ3n) is 2.59. The number of nitrogens with zero attached hydrogens (tertiary/aromatic N) is 3. The SMILES string of the molecule is CNC(Cc1cn(C)nn1)c1cc(OC)cs1. The summed E-state index contributed by atoms with van der Waals surface area (Å²) in [5, 5.41) is 13.3. The maximum Gasteiger partial charge on any atom is 0.129 e. The molecule has 92 valence electrons. The van der Waals surface area contributed by atoms with E-state index in [1.54, 1.807) is 23.1 Å². The van der Waals surface area contributed by atoms with Gasteiger partial charge < -0.3 is 10.1 Å². The first-order valence-corrected chi connectivity index (χ1v) is 6.25. The Bertz CT molecular complexity index is 479. The number of hydrogen-bond acceptors (Lipinski definition) is 5. The second-order valence-corrected chi connectivity index (χ2v) is 4.76. The van der Waals surface area contributed by atoms with E-state index < -0.39 is 0 Å². The molecule has 2 aromatic rings. The molecule has 0 bridgehead atoms. The van der Waals surface area contributed by atoms with Gasteiger partial charge in [0.15, 0.2) is 0 Å². The van der Waals surface area contributed by atoms with Crippen molar-refractivity contribution in [1.82, 2.24) is 20.3 Å². The predicted octanol–water partition coefficient (Wildman–Crippen LogP) is 1.39. The fourth-order valence-electron chi connectivity index (χ4n) is 1.67. The minimum absolute atomic E-state index is 0.251. The molecule has 0 spiro atoms. The van der Waals surface area contributed by atoms with Gasteiger partial charge in [-0.25, -0.2) is 0 Å². The van der Waals surface area contributed by atoms with Crippen LogP contribution in [0.5, 0.6) is 5.75 Å². The number of hydrogen-bond donors (Lipinski definition) is 1. The van der Waals surface area contributed by atoms with Crippen LogP contribution < -0.4 is 10.1 Å². The Hall–Kier alpha value is -1.40. The zero-order chi connectivity index (χ0) is 12.3. The summed E-state index contributed by atoms with van der Waals surface area (Å²) in [5.41, 5.74) is 0.985. The average Bonchev–Trinajstić information content (AvgIpc) is 2.94. The highest BCUT2D eigenvalue weighted by molar-refractivity contribution is 7.10. The first kappa shape index (κ1) is 12.1. The Morgan fingerprint density at radius 3 is 2.94 bits per heavy atom. The fourth-order valence-corrected chi connectivity index (χ4v) is 2.63. The molecule has 1 atom stereocenters. The van der Waals surface area contributed by atoms with Gasteiger partial charge in [-0.2, -0.15) is 0 Å². The van der Waals surface area contributed by atoms with Crippen LogP contribution in [0.4, 0.5) is 0 Å². The van der Waals surface area contributed by atoms with Crippen molar-refractivity contribution in [3.63, 3.8) is 0 Å². The molecule has 0 aromatic carbocycles. The topological polar surface area (TPSA) is 52.0 Å². The molecule has 0 saturated carbocycles. The zero-order valence-corrected chi connectivity index (χ0v) is 11.0. The van der Waals surface area contributed by atoms with Crippen molar-refractivity contribution in [3.05, 3.63) is 28.2 Å². The summed E-state index contributed by atoms with van der Waals surface area (Å²) in [7, 11) is 5.51. The molecule has 2 rings (SSSR count). The minimum Gasteiger partial charge on any atom is -0.496 e. The van der Waals surface area contributed by atoms with Gasteiger partial charge in [-0.1, -0.05) is 5.21 Å². The van der Waals surface area contributed by atoms with E-state index in [1.807, 2.05) is 25.7 Å². The van der Waals surface area contributed by atoms with Crippen LogP contribution in [0.2, 0.25) is 0 Å². The molecular weight excluding hydrogens is 236 g/mol. The second kappa shape index (κ2) is 5.29. The standard InChI is InChI=1S/C11H16N4OS/c1-12-10(4-8-6-15(2)14-13-8)11-5-9(16-3)7-17-11/h5-7,10,12H,4H2,1-3H3. The van der Waals surface area contributed by atoms with E-state index in [4.69, 9.17) is 4.74 Å². The summed E-state index contributed by atoms with van der Waals surface area (Å²) in [6.45, 7) is 0. The Kier molecular flexibility index (Phi) is 3.75. The summed E-state index contributed by atoms with van der Waals surface area (Å²) in [6.07, 6.45) is 2.77. The normalized spacial score (nSPS) is 12.6. The molecule has 0 radical (unpaired) electrons. The lowest BCUT2D eigenvalue weighted by Crippen LogP contribution is -2.17. The molecule has 1 unspecified atom stereocenters. The molecule has 0 amide bonds. The lowest BCUT2D eigenvalue weighted by atomic mass is 10.1. The predicted molar refractivity (Wildman–Crippen MR) is 67.4 cm³/mol. The van der Waals surface area contributed by atoms with Crippen molar-refractivity contribution >= 4 is 11.3 Å². The first-order chi connectivity index (χ1) is 8.22. The Morgan fingerprint density at radius 1 is 1.59 bits per heavy atom. The molecule has 2 heterocycles. The Morgan fingerprint density at radius 2 is 2.41 bits per heavy atom. The number of thiophene rings is 1. The minimum atomic E-state index is 0.251. The summed E-state index contributed by atoms with van der Waals surface area (Å²) >= 11 is 1.69. The molecule has 5 nitrogen and oxygen atoms in total. The van der Waals surface area contributed by atoms with E-state index in [0.29, 0.717) is 0 Å². The molecular formula is C11H16N4OS. The number of methoxy groups -OCH3 is 1. The van der Waals surface area contributed by atoms with Gasteiger partial charge in [0.2, 0.25) is 0 Å². The van der Waals surface area contributed by atoms with E-state index >= 15 is 0 Å². The molecule has 0 aliphatic carbocycles. The van der Waals surface area contributed by atoms with Crippen LogP contribution in [0.1, 0.15) is 16.6 Å². The largest absolute Gasteiger partial charge is 0.496 e. The molecule has 2 aromatic heterocycles. The molecule has 17 heavy (non-hydrogen) atoms. The molecule has 0 aliphatic heterocycles. The van der Waals surface area contributed by atoms with Crippen molar-refractivity contribution in [2.75, 3.05) is 14.2 Å². The number of aryl methyl sites for hydroxylation is 1. The van der Waals surface area contributed by atoms with Crippen LogP contribution in [0.15, 0.2) is 17.6 Å². The zero-order valence-electron chi connectivity index (χ0n) is 10.2. The van der Waals surface area contributed by atoms with E-state index in [2.05, 4.69) is 21.7 Å². The van der Waals surface area contributed by atoms with Crippen molar-refractivity contribution in [2.45, 2.75) is 12.5 Å². The summed E-state index contributed by atoms with van der Waals surface area (Å²) in [6, 6.07) is 2.31. The van der Waals surface area contributed by atoms with Crippen LogP contribution in [-0.4, -0.2) is 29.2 Å². The van der Waals surface area contributed by atoms with Crippen LogP contribution in [0, 0.1) is 0 Å². The third-order valence-corrected chi connectivity index (χ3v) is 3.61. The smallest absolute Gasteiger partial charge is 0.129 e. The lowest BCUT2D eigenvalue weighted by molar-refractivity contribution is 0.416. The quantitative estimate of drug-likeness (QED) is 0.873. The van der Waals surface area contributed by atoms with Gasteiger partial charge in [0.25, 0.3) is 0 Å². The highest BCUT2D eigenvalue weighted by atomic mass is 32.1. The number of ether oxygens (including phenoxy) is 1. The summed E-state index contributed by atoms with van der Waals surface area (Å²) in [4.78, 5) is 1.25. The highest BCUT2D eigenvalue weighted by Gasteiger charge is 2.14. The fraction of sp³-hybridized carbons (Fsp3) is 0.455. The van der Waals surface area contributed by atoms with Gasteiger partial charge in [-0.05, 0) is 13.1 Å². The Balaban J connectivity index is 2.10. The maximum absolute atomic E-state index is 5.19. The van der Waals surface area contributed by atoms with Crippen molar-refractivity contribution in [3.8, 4) is 5.75 Å². The molecule has 0 fully saturated rings. The number of nitrogens with one attached hydrogen (secondary N) is 1. The van der Waals surface area contributed by atoms with Crippen molar-refractivity contribution in [1.29, 1.82) is 0 Å². The highest BCUT2D eigenvalue weighted by Crippen LogP contribution is 2.28. The van der Waals surface area contributed by atoms with Crippen LogP contribution in [0.25, 0.3) is 0 Å². The van der Waals surface area contributed by atoms with Gasteiger partial charge in [-0.15, -0.1) is 16.4 Å². The number of rotatable bonds is 5. The first-order valence-electron chi connectivity index (χ1n) is 5.38. The monoisotopic (exact) mass is 252 g/mol. The maximum atomic E-state index is 5.19. The Labute approximate surface area is 104 Å². The van der Waals surface area contributed by atoms with Crippen molar-refractivity contribution in [2.24, 2.45) is 7.05 Å². The lowest BCUT2D eigenvalue weighted by Gasteiger charge is -2.12. The second-order valence-electron chi connectivity index (χ2n) is 3.82. The van der Waals surface area contributed by atoms with Gasteiger partial charge >= 0.3 is 0 Å². The van der Waals surface area contributed by atoms with Crippen molar-refractivity contribution < 1.29 is 4.74 Å². The van der Waals surface area contributed by atoms with Gasteiger partial charge in [0.1, 0.15) is 5.75 Å². The van der Waals surface area contributed by atoms with E-state index in [1.165, 1.54) is 4.88 Å². The summed E-state index contributed by atoms with van der Waals surface area (Å²) in [5.74, 6) is 0.907. The van der Waals surface area contributed by atoms with Gasteiger partial charge in [0, 0.05) is 36.0 Å². The van der Waals surface area contributed by atoms with E-state index in [0.717, 1.165) is 17.9 Å². The number of aromatic nitrogens is 3. The molecule has 0 aliphatic rings. The van der Waals surface area contributed by atoms with Gasteiger partial charge in [-0.3, -0.25) is 4.68 Å². The third kappa shape index (κ3) is 2.83. The number of likely N-dealkylation sites (N-methyl/N-ethyl adjacent to an activating group) is 1. The summed E-state index contributed by atoms with van der Waals surface area (Å²) < 4.78 is 6.91. The van der Waals surface area contributed by atoms with Crippen LogP contribution >= 0.6 is 11.3 Å². The molecule has 6 heteroatoms. The average molecular weight is 252 g/mol. The molecule has 0 saturated heterocycles. The van der Waals surface area contributed by atoms with Crippen LogP contribution in [0.3, 0.4) is 0 Å². The van der Waals surface area contributed by atoms with Gasteiger partial charge in [0.05, 0.1) is 12.8 Å². The molecule has 1 N–H and O–H groups in total.